The molecule has 0 radical (unpaired) electrons. The number of aliphatic imine (C=N–C) groups is 1. The summed E-state index contributed by atoms with van der Waals surface area (Å²) >= 11 is 1.68. The van der Waals surface area contributed by atoms with Gasteiger partial charge in [-0.25, -0.2) is 4.98 Å². The fourth-order valence-electron chi connectivity index (χ4n) is 2.04. The number of hydrogen-bond donors (Lipinski definition) is 2. The smallest absolute Gasteiger partial charge is 0.191 e. The van der Waals surface area contributed by atoms with Crippen LogP contribution in [0.25, 0.3) is 0 Å². The second-order valence-corrected chi connectivity index (χ2v) is 6.45. The lowest BCUT2D eigenvalue weighted by Crippen LogP contribution is -2.36. The van der Waals surface area contributed by atoms with Crippen LogP contribution in [0.2, 0.25) is 0 Å². The van der Waals surface area contributed by atoms with Crippen LogP contribution in [-0.2, 0) is 17.8 Å². The van der Waals surface area contributed by atoms with Gasteiger partial charge in [-0.3, -0.25) is 4.99 Å². The van der Waals surface area contributed by atoms with E-state index >= 15 is 0 Å². The summed E-state index contributed by atoms with van der Waals surface area (Å²) in [6.07, 6.45) is 1.88. The van der Waals surface area contributed by atoms with Gasteiger partial charge in [-0.05, 0) is 24.6 Å². The third kappa shape index (κ3) is 8.02. The van der Waals surface area contributed by atoms with Gasteiger partial charge in [-0.2, -0.15) is 0 Å². The summed E-state index contributed by atoms with van der Waals surface area (Å²) in [4.78, 5) is 9.77. The minimum Gasteiger partial charge on any atom is -0.491 e. The zero-order valence-corrected chi connectivity index (χ0v) is 17.9. The number of rotatable bonds is 8. The van der Waals surface area contributed by atoms with E-state index in [0.29, 0.717) is 26.3 Å². The molecule has 0 amide bonds. The molecular formula is C17H25IN4O2S. The number of aryl methyl sites for hydroxylation is 1. The first-order chi connectivity index (χ1) is 11.7. The summed E-state index contributed by atoms with van der Waals surface area (Å²) in [5, 5.41) is 7.60. The molecule has 0 atom stereocenters. The highest BCUT2D eigenvalue weighted by Crippen LogP contribution is 2.13. The number of ether oxygens (including phenoxy) is 2. The Hall–Kier alpha value is -1.39. The molecule has 1 aromatic carbocycles. The average Bonchev–Trinajstić information content (AvgIpc) is 3.01. The standard InChI is InChI=1S/C17H24N4O2S.HI/c1-13-10-19-16(24-13)12-21-17(18-2)20-11-14-5-4-6-15(9-14)23-8-7-22-3;/h4-6,9-10H,7-8,11-12H2,1-3H3,(H2,18,20,21);1H. The molecule has 0 aliphatic carbocycles. The Kier molecular flexibility index (Phi) is 10.4. The predicted molar refractivity (Wildman–Crippen MR) is 113 cm³/mol. The molecule has 2 rings (SSSR count). The first-order valence-electron chi connectivity index (χ1n) is 7.77. The van der Waals surface area contributed by atoms with E-state index in [1.807, 2.05) is 30.5 Å². The SMILES string of the molecule is CN=C(NCc1cccc(OCCOC)c1)NCc1ncc(C)s1.I. The molecule has 2 N–H and O–H groups in total. The van der Waals surface area contributed by atoms with Gasteiger partial charge in [-0.1, -0.05) is 12.1 Å². The molecule has 0 saturated heterocycles. The van der Waals surface area contributed by atoms with Crippen LogP contribution in [-0.4, -0.2) is 38.3 Å². The quantitative estimate of drug-likeness (QED) is 0.266. The number of methoxy groups -OCH3 is 1. The van der Waals surface area contributed by atoms with E-state index in [4.69, 9.17) is 9.47 Å². The van der Waals surface area contributed by atoms with Gasteiger partial charge in [-0.15, -0.1) is 35.3 Å². The molecule has 2 aromatic rings. The Morgan fingerprint density at radius 1 is 1.24 bits per heavy atom. The number of thiazole rings is 1. The van der Waals surface area contributed by atoms with E-state index in [9.17, 15) is 0 Å². The molecule has 0 fully saturated rings. The van der Waals surface area contributed by atoms with E-state index in [1.54, 1.807) is 25.5 Å². The Bertz CT molecular complexity index is 664. The largest absolute Gasteiger partial charge is 0.491 e. The van der Waals surface area contributed by atoms with Gasteiger partial charge in [0.25, 0.3) is 0 Å². The number of hydrogen-bond acceptors (Lipinski definition) is 5. The molecule has 0 bridgehead atoms. The maximum atomic E-state index is 5.62. The van der Waals surface area contributed by atoms with Crippen LogP contribution in [0.1, 0.15) is 15.4 Å². The lowest BCUT2D eigenvalue weighted by molar-refractivity contribution is 0.146. The predicted octanol–water partition coefficient (Wildman–Crippen LogP) is 2.96. The number of nitrogens with zero attached hydrogens (tertiary/aromatic N) is 2. The van der Waals surface area contributed by atoms with Crippen molar-refractivity contribution in [2.24, 2.45) is 4.99 Å². The highest BCUT2D eigenvalue weighted by Gasteiger charge is 2.03. The fraction of sp³-hybridized carbons (Fsp3) is 0.412. The van der Waals surface area contributed by atoms with Crippen LogP contribution in [0, 0.1) is 6.92 Å². The summed E-state index contributed by atoms with van der Waals surface area (Å²) < 4.78 is 10.6. The number of halogens is 1. The van der Waals surface area contributed by atoms with Crippen molar-refractivity contribution < 1.29 is 9.47 Å². The minimum atomic E-state index is 0. The van der Waals surface area contributed by atoms with E-state index < -0.39 is 0 Å². The van der Waals surface area contributed by atoms with Crippen molar-refractivity contribution in [3.63, 3.8) is 0 Å². The molecule has 0 unspecified atom stereocenters. The highest BCUT2D eigenvalue weighted by atomic mass is 127. The van der Waals surface area contributed by atoms with Crippen molar-refractivity contribution in [1.82, 2.24) is 15.6 Å². The van der Waals surface area contributed by atoms with E-state index in [0.717, 1.165) is 22.3 Å². The van der Waals surface area contributed by atoms with E-state index in [-0.39, 0.29) is 24.0 Å². The van der Waals surface area contributed by atoms with E-state index in [1.165, 1.54) is 4.88 Å². The molecule has 0 aliphatic rings. The third-order valence-corrected chi connectivity index (χ3v) is 4.13. The Balaban J connectivity index is 0.00000312. The molecule has 0 saturated carbocycles. The molecule has 1 aromatic heterocycles. The van der Waals surface area contributed by atoms with Gasteiger partial charge in [0.05, 0.1) is 13.2 Å². The van der Waals surface area contributed by atoms with Gasteiger partial charge in [0.15, 0.2) is 5.96 Å². The fourth-order valence-corrected chi connectivity index (χ4v) is 2.76. The summed E-state index contributed by atoms with van der Waals surface area (Å²) in [5.74, 6) is 1.58. The van der Waals surface area contributed by atoms with Gasteiger partial charge in [0.1, 0.15) is 17.4 Å². The number of aromatic nitrogens is 1. The molecule has 0 spiro atoms. The zero-order chi connectivity index (χ0) is 17.2. The van der Waals surface area contributed by atoms with Crippen LogP contribution < -0.4 is 15.4 Å². The lowest BCUT2D eigenvalue weighted by atomic mass is 10.2. The topological polar surface area (TPSA) is 67.8 Å². The van der Waals surface area contributed by atoms with Gasteiger partial charge >= 0.3 is 0 Å². The van der Waals surface area contributed by atoms with E-state index in [2.05, 4.69) is 27.5 Å². The normalized spacial score (nSPS) is 10.9. The third-order valence-electron chi connectivity index (χ3n) is 3.21. The van der Waals surface area contributed by atoms with Crippen molar-refractivity contribution in [1.29, 1.82) is 0 Å². The van der Waals surface area contributed by atoms with Gasteiger partial charge < -0.3 is 20.1 Å². The van der Waals surface area contributed by atoms with Gasteiger partial charge in [0, 0.05) is 31.8 Å². The molecular weight excluding hydrogens is 451 g/mol. The highest BCUT2D eigenvalue weighted by molar-refractivity contribution is 14.0. The van der Waals surface area contributed by atoms with Crippen LogP contribution in [0.5, 0.6) is 5.75 Å². The summed E-state index contributed by atoms with van der Waals surface area (Å²) in [6, 6.07) is 7.98. The van der Waals surface area contributed by atoms with Crippen LogP contribution in [0.15, 0.2) is 35.5 Å². The Morgan fingerprint density at radius 3 is 2.72 bits per heavy atom. The number of guanidine groups is 1. The number of benzene rings is 1. The van der Waals surface area contributed by atoms with Crippen LogP contribution >= 0.6 is 35.3 Å². The van der Waals surface area contributed by atoms with Crippen molar-refractivity contribution in [2.45, 2.75) is 20.0 Å². The van der Waals surface area contributed by atoms with Crippen molar-refractivity contribution in [2.75, 3.05) is 27.4 Å². The van der Waals surface area contributed by atoms with Crippen LogP contribution in [0.3, 0.4) is 0 Å². The molecule has 8 heteroatoms. The lowest BCUT2D eigenvalue weighted by Gasteiger charge is -2.12. The maximum absolute atomic E-state index is 5.62. The van der Waals surface area contributed by atoms with Crippen molar-refractivity contribution in [3.05, 3.63) is 45.9 Å². The molecule has 1 heterocycles. The molecule has 0 aliphatic heterocycles. The first-order valence-corrected chi connectivity index (χ1v) is 8.59. The zero-order valence-electron chi connectivity index (χ0n) is 14.7. The molecule has 6 nitrogen and oxygen atoms in total. The second-order valence-electron chi connectivity index (χ2n) is 5.13. The average molecular weight is 476 g/mol. The maximum Gasteiger partial charge on any atom is 0.191 e. The summed E-state index contributed by atoms with van der Waals surface area (Å²) in [5.41, 5.74) is 1.12. The van der Waals surface area contributed by atoms with Crippen LogP contribution in [0.4, 0.5) is 0 Å². The van der Waals surface area contributed by atoms with Gasteiger partial charge in [0.2, 0.25) is 0 Å². The van der Waals surface area contributed by atoms with Crippen molar-refractivity contribution in [3.8, 4) is 5.75 Å². The number of nitrogens with one attached hydrogen (secondary N) is 2. The minimum absolute atomic E-state index is 0. The Morgan fingerprint density at radius 2 is 2.04 bits per heavy atom. The summed E-state index contributed by atoms with van der Waals surface area (Å²) in [6.45, 7) is 4.51. The molecule has 138 valence electrons. The summed E-state index contributed by atoms with van der Waals surface area (Å²) in [7, 11) is 3.42. The molecule has 25 heavy (non-hydrogen) atoms. The monoisotopic (exact) mass is 476 g/mol. The second kappa shape index (κ2) is 12.0. The Labute approximate surface area is 170 Å². The first kappa shape index (κ1) is 21.7. The van der Waals surface area contributed by atoms with Crippen molar-refractivity contribution >= 4 is 41.3 Å².